The van der Waals surface area contributed by atoms with Gasteiger partial charge in [-0.25, -0.2) is 0 Å². The minimum atomic E-state index is -0.284. The molecular formula is C21H19NO2. The fraction of sp³-hybridized carbons (Fsp3) is 0.238. The number of hydrogen-bond acceptors (Lipinski definition) is 2. The van der Waals surface area contributed by atoms with Crippen molar-refractivity contribution in [2.45, 2.75) is 25.7 Å². The average molecular weight is 317 g/mol. The molecule has 1 aliphatic carbocycles. The van der Waals surface area contributed by atoms with Crippen LogP contribution in [0.1, 0.15) is 36.0 Å². The van der Waals surface area contributed by atoms with Crippen molar-refractivity contribution >= 4 is 16.7 Å². The lowest BCUT2D eigenvalue weighted by Crippen LogP contribution is -2.20. The number of para-hydroxylation sites is 1. The normalized spacial score (nSPS) is 14.0. The Morgan fingerprint density at radius 1 is 1.00 bits per heavy atom. The second kappa shape index (κ2) is 6.08. The zero-order chi connectivity index (χ0) is 16.5. The minimum Gasteiger partial charge on any atom is -0.321 e. The molecule has 0 bridgehead atoms. The SMILES string of the molecule is O=C(CCC1CC1)c1c(-c2ccccc2)c2ccccc2[nH]c1=O. The van der Waals surface area contributed by atoms with Gasteiger partial charge in [-0.3, -0.25) is 9.59 Å². The summed E-state index contributed by atoms with van der Waals surface area (Å²) in [6.45, 7) is 0. The van der Waals surface area contributed by atoms with E-state index in [1.54, 1.807) is 0 Å². The summed E-state index contributed by atoms with van der Waals surface area (Å²) in [4.78, 5) is 28.3. The van der Waals surface area contributed by atoms with Gasteiger partial charge in [0, 0.05) is 22.9 Å². The van der Waals surface area contributed by atoms with Crippen molar-refractivity contribution < 1.29 is 4.79 Å². The Kier molecular flexibility index (Phi) is 3.77. The van der Waals surface area contributed by atoms with Gasteiger partial charge in [-0.05, 0) is 24.0 Å². The molecule has 0 saturated heterocycles. The lowest BCUT2D eigenvalue weighted by molar-refractivity contribution is 0.0977. The monoisotopic (exact) mass is 317 g/mol. The summed E-state index contributed by atoms with van der Waals surface area (Å²) in [6.07, 6.45) is 3.77. The van der Waals surface area contributed by atoms with Gasteiger partial charge < -0.3 is 4.98 Å². The topological polar surface area (TPSA) is 49.9 Å². The van der Waals surface area contributed by atoms with E-state index in [4.69, 9.17) is 0 Å². The number of carbonyl (C=O) groups is 1. The van der Waals surface area contributed by atoms with Crippen molar-refractivity contribution in [3.63, 3.8) is 0 Å². The standard InChI is InChI=1S/C21H19NO2/c23-18(13-12-14-10-11-14)20-19(15-6-2-1-3-7-15)16-8-4-5-9-17(16)22-21(20)24/h1-9,14H,10-13H2,(H,22,24). The van der Waals surface area contributed by atoms with Gasteiger partial charge in [-0.15, -0.1) is 0 Å². The maximum atomic E-state index is 12.8. The minimum absolute atomic E-state index is 0.0484. The highest BCUT2D eigenvalue weighted by Crippen LogP contribution is 2.35. The van der Waals surface area contributed by atoms with Crippen molar-refractivity contribution in [2.24, 2.45) is 5.92 Å². The van der Waals surface area contributed by atoms with E-state index in [-0.39, 0.29) is 11.3 Å². The van der Waals surface area contributed by atoms with Crippen molar-refractivity contribution in [1.82, 2.24) is 4.98 Å². The number of pyridine rings is 1. The molecule has 0 atom stereocenters. The number of ketones is 1. The summed E-state index contributed by atoms with van der Waals surface area (Å²) in [6, 6.07) is 17.4. The fourth-order valence-corrected chi connectivity index (χ4v) is 3.28. The molecule has 0 unspecified atom stereocenters. The van der Waals surface area contributed by atoms with E-state index in [1.807, 2.05) is 54.6 Å². The van der Waals surface area contributed by atoms with Crippen molar-refractivity contribution in [2.75, 3.05) is 0 Å². The number of nitrogens with one attached hydrogen (secondary N) is 1. The smallest absolute Gasteiger partial charge is 0.259 e. The van der Waals surface area contributed by atoms with Crippen LogP contribution in [0, 0.1) is 5.92 Å². The van der Waals surface area contributed by atoms with E-state index in [0.717, 1.165) is 28.5 Å². The molecule has 4 rings (SSSR count). The van der Waals surface area contributed by atoms with Crippen LogP contribution in [0.2, 0.25) is 0 Å². The zero-order valence-electron chi connectivity index (χ0n) is 13.4. The molecule has 3 heteroatoms. The summed E-state index contributed by atoms with van der Waals surface area (Å²) >= 11 is 0. The fourth-order valence-electron chi connectivity index (χ4n) is 3.28. The molecule has 1 fully saturated rings. The number of aromatic nitrogens is 1. The first-order valence-electron chi connectivity index (χ1n) is 8.47. The summed E-state index contributed by atoms with van der Waals surface area (Å²) in [5.41, 5.74) is 2.46. The summed E-state index contributed by atoms with van der Waals surface area (Å²) in [5.74, 6) is 0.626. The summed E-state index contributed by atoms with van der Waals surface area (Å²) in [7, 11) is 0. The van der Waals surface area contributed by atoms with Gasteiger partial charge in [-0.1, -0.05) is 61.4 Å². The second-order valence-electron chi connectivity index (χ2n) is 6.52. The van der Waals surface area contributed by atoms with Crippen LogP contribution in [0.5, 0.6) is 0 Å². The van der Waals surface area contributed by atoms with Crippen molar-refractivity contribution in [3.05, 3.63) is 70.5 Å². The largest absolute Gasteiger partial charge is 0.321 e. The molecule has 120 valence electrons. The van der Waals surface area contributed by atoms with Crippen LogP contribution in [0.3, 0.4) is 0 Å². The van der Waals surface area contributed by atoms with Gasteiger partial charge in [0.05, 0.1) is 5.56 Å². The van der Waals surface area contributed by atoms with Crippen LogP contribution in [0.4, 0.5) is 0 Å². The highest BCUT2D eigenvalue weighted by atomic mass is 16.1. The van der Waals surface area contributed by atoms with Crippen LogP contribution in [-0.2, 0) is 0 Å². The molecule has 1 saturated carbocycles. The van der Waals surface area contributed by atoms with Crippen LogP contribution in [-0.4, -0.2) is 10.8 Å². The quantitative estimate of drug-likeness (QED) is 0.701. The van der Waals surface area contributed by atoms with E-state index >= 15 is 0 Å². The Morgan fingerprint density at radius 2 is 1.71 bits per heavy atom. The number of benzene rings is 2. The van der Waals surface area contributed by atoms with Gasteiger partial charge in [0.1, 0.15) is 0 Å². The van der Waals surface area contributed by atoms with E-state index in [1.165, 1.54) is 12.8 Å². The summed E-state index contributed by atoms with van der Waals surface area (Å²) in [5, 5.41) is 0.915. The van der Waals surface area contributed by atoms with Gasteiger partial charge in [-0.2, -0.15) is 0 Å². The molecule has 0 spiro atoms. The number of fused-ring (bicyclic) bond motifs is 1. The van der Waals surface area contributed by atoms with E-state index in [0.29, 0.717) is 17.9 Å². The molecule has 1 aliphatic rings. The highest BCUT2D eigenvalue weighted by molar-refractivity contribution is 6.09. The van der Waals surface area contributed by atoms with Crippen LogP contribution >= 0.6 is 0 Å². The van der Waals surface area contributed by atoms with E-state index in [2.05, 4.69) is 4.98 Å². The zero-order valence-corrected chi connectivity index (χ0v) is 13.4. The Hall–Kier alpha value is -2.68. The van der Waals surface area contributed by atoms with Gasteiger partial charge >= 0.3 is 0 Å². The predicted octanol–water partition coefficient (Wildman–Crippen LogP) is 4.57. The molecule has 24 heavy (non-hydrogen) atoms. The molecule has 1 aromatic heterocycles. The van der Waals surface area contributed by atoms with Gasteiger partial charge in [0.2, 0.25) is 0 Å². The lowest BCUT2D eigenvalue weighted by Gasteiger charge is -2.12. The number of aromatic amines is 1. The second-order valence-corrected chi connectivity index (χ2v) is 6.52. The third-order valence-corrected chi connectivity index (χ3v) is 4.74. The molecule has 3 aromatic rings. The van der Waals surface area contributed by atoms with Gasteiger partial charge in [0.25, 0.3) is 5.56 Å². The highest BCUT2D eigenvalue weighted by Gasteiger charge is 2.25. The molecule has 1 N–H and O–H groups in total. The molecule has 3 nitrogen and oxygen atoms in total. The number of Topliss-reactive ketones (excluding diaryl/α,β-unsaturated/α-hetero) is 1. The Labute approximate surface area is 140 Å². The number of hydrogen-bond donors (Lipinski definition) is 1. The first-order valence-corrected chi connectivity index (χ1v) is 8.47. The molecule has 0 radical (unpaired) electrons. The van der Waals surface area contributed by atoms with Crippen LogP contribution in [0.25, 0.3) is 22.0 Å². The summed E-state index contributed by atoms with van der Waals surface area (Å²) < 4.78 is 0. The van der Waals surface area contributed by atoms with E-state index in [9.17, 15) is 9.59 Å². The maximum absolute atomic E-state index is 12.8. The number of rotatable bonds is 5. The molecule has 2 aromatic carbocycles. The number of carbonyl (C=O) groups excluding carboxylic acids is 1. The van der Waals surface area contributed by atoms with Crippen LogP contribution < -0.4 is 5.56 Å². The van der Waals surface area contributed by atoms with Crippen molar-refractivity contribution in [1.29, 1.82) is 0 Å². The first-order chi connectivity index (χ1) is 11.7. The van der Waals surface area contributed by atoms with E-state index < -0.39 is 0 Å². The van der Waals surface area contributed by atoms with Crippen molar-refractivity contribution in [3.8, 4) is 11.1 Å². The molecule has 0 aliphatic heterocycles. The third-order valence-electron chi connectivity index (χ3n) is 4.74. The third kappa shape index (κ3) is 2.78. The molecule has 0 amide bonds. The molecule has 1 heterocycles. The number of H-pyrrole nitrogens is 1. The maximum Gasteiger partial charge on any atom is 0.259 e. The Morgan fingerprint density at radius 3 is 2.46 bits per heavy atom. The predicted molar refractivity (Wildman–Crippen MR) is 96.3 cm³/mol. The molecular weight excluding hydrogens is 298 g/mol. The van der Waals surface area contributed by atoms with Crippen LogP contribution in [0.15, 0.2) is 59.4 Å². The average Bonchev–Trinajstić information content (AvgIpc) is 3.43. The Bertz CT molecular complexity index is 952. The lowest BCUT2D eigenvalue weighted by atomic mass is 9.92. The van der Waals surface area contributed by atoms with Gasteiger partial charge in [0.15, 0.2) is 5.78 Å². The Balaban J connectivity index is 1.92. The first kappa shape index (κ1) is 14.9.